The van der Waals surface area contributed by atoms with E-state index < -0.39 is 9.84 Å². The van der Waals surface area contributed by atoms with Crippen molar-refractivity contribution >= 4 is 43.4 Å². The van der Waals surface area contributed by atoms with Gasteiger partial charge in [0.25, 0.3) is 0 Å². The zero-order valence-corrected chi connectivity index (χ0v) is 18.2. The van der Waals surface area contributed by atoms with Crippen LogP contribution in [0.1, 0.15) is 11.1 Å². The minimum Gasteiger partial charge on any atom is -0.488 e. The number of ether oxygens (including phenoxy) is 1. The summed E-state index contributed by atoms with van der Waals surface area (Å²) in [6, 6.07) is 22.1. The molecule has 0 spiro atoms. The summed E-state index contributed by atoms with van der Waals surface area (Å²) >= 11 is 9.21. The fourth-order valence-corrected chi connectivity index (χ4v) is 4.07. The molecule has 4 nitrogen and oxygen atoms in total. The van der Waals surface area contributed by atoms with Gasteiger partial charge in [-0.2, -0.15) is 5.26 Å². The van der Waals surface area contributed by atoms with Gasteiger partial charge in [0.05, 0.1) is 4.90 Å². The zero-order valence-electron chi connectivity index (χ0n) is 15.0. The van der Waals surface area contributed by atoms with Gasteiger partial charge in [0.2, 0.25) is 9.84 Å². The molecule has 3 rings (SSSR count). The first-order valence-corrected chi connectivity index (χ1v) is 11.1. The van der Waals surface area contributed by atoms with E-state index in [-0.39, 0.29) is 9.80 Å². The SMILES string of the molecule is N#C/C(=C\c1ccccc1OCc1ccc(Br)cc1)S(=O)(=O)c1ccc(Cl)cc1. The Morgan fingerprint density at radius 1 is 1.03 bits per heavy atom. The first kappa shape index (κ1) is 21.1. The molecule has 3 aromatic carbocycles. The largest absolute Gasteiger partial charge is 0.488 e. The smallest absolute Gasteiger partial charge is 0.216 e. The van der Waals surface area contributed by atoms with E-state index in [1.165, 1.54) is 30.3 Å². The summed E-state index contributed by atoms with van der Waals surface area (Å²) in [5.74, 6) is 0.481. The van der Waals surface area contributed by atoms with Crippen molar-refractivity contribution in [1.29, 1.82) is 5.26 Å². The third-order valence-corrected chi connectivity index (χ3v) is 6.50. The molecule has 0 aliphatic heterocycles. The van der Waals surface area contributed by atoms with Gasteiger partial charge in [-0.05, 0) is 54.1 Å². The van der Waals surface area contributed by atoms with E-state index in [0.29, 0.717) is 22.9 Å². The Morgan fingerprint density at radius 3 is 2.34 bits per heavy atom. The van der Waals surface area contributed by atoms with Crippen molar-refractivity contribution in [2.24, 2.45) is 0 Å². The fourth-order valence-electron chi connectivity index (χ4n) is 2.52. The van der Waals surface area contributed by atoms with Crippen LogP contribution in [0.5, 0.6) is 5.75 Å². The molecule has 0 aliphatic rings. The van der Waals surface area contributed by atoms with Crippen LogP contribution in [0.25, 0.3) is 6.08 Å². The number of sulfone groups is 1. The summed E-state index contributed by atoms with van der Waals surface area (Å²) in [5.41, 5.74) is 1.46. The third kappa shape index (κ3) is 5.27. The maximum absolute atomic E-state index is 12.8. The first-order chi connectivity index (χ1) is 13.9. The maximum Gasteiger partial charge on any atom is 0.216 e. The fraction of sp³-hybridized carbons (Fsp3) is 0.0455. The highest BCUT2D eigenvalue weighted by Crippen LogP contribution is 2.27. The summed E-state index contributed by atoms with van der Waals surface area (Å²) in [6.07, 6.45) is 1.32. The molecule has 0 N–H and O–H groups in total. The molecule has 0 atom stereocenters. The molecule has 0 heterocycles. The van der Waals surface area contributed by atoms with Crippen LogP contribution in [0.15, 0.2) is 87.1 Å². The molecular weight excluding hydrogens is 474 g/mol. The number of halogens is 2. The number of nitriles is 1. The van der Waals surface area contributed by atoms with Gasteiger partial charge in [0.15, 0.2) is 0 Å². The molecule has 146 valence electrons. The van der Waals surface area contributed by atoms with Gasteiger partial charge in [-0.3, -0.25) is 0 Å². The molecule has 3 aromatic rings. The van der Waals surface area contributed by atoms with Crippen molar-refractivity contribution in [2.75, 3.05) is 0 Å². The lowest BCUT2D eigenvalue weighted by molar-refractivity contribution is 0.305. The van der Waals surface area contributed by atoms with Gasteiger partial charge in [-0.25, -0.2) is 8.42 Å². The lowest BCUT2D eigenvalue weighted by Crippen LogP contribution is -2.04. The van der Waals surface area contributed by atoms with Crippen molar-refractivity contribution < 1.29 is 13.2 Å². The molecule has 0 bridgehead atoms. The molecule has 0 radical (unpaired) electrons. The quantitative estimate of drug-likeness (QED) is 0.398. The molecule has 7 heteroatoms. The average molecular weight is 489 g/mol. The summed E-state index contributed by atoms with van der Waals surface area (Å²) < 4.78 is 32.5. The molecule has 0 aliphatic carbocycles. The third-order valence-electron chi connectivity index (χ3n) is 4.04. The normalized spacial score (nSPS) is 11.7. The van der Waals surface area contributed by atoms with Crippen LogP contribution in [0, 0.1) is 11.3 Å². The minimum atomic E-state index is -3.97. The number of rotatable bonds is 6. The maximum atomic E-state index is 12.8. The van der Waals surface area contributed by atoms with E-state index in [2.05, 4.69) is 15.9 Å². The Balaban J connectivity index is 1.91. The average Bonchev–Trinajstić information content (AvgIpc) is 2.72. The molecular formula is C22H15BrClNO3S. The van der Waals surface area contributed by atoms with Crippen LogP contribution in [-0.2, 0) is 16.4 Å². The van der Waals surface area contributed by atoms with E-state index in [4.69, 9.17) is 16.3 Å². The summed E-state index contributed by atoms with van der Waals surface area (Å²) in [4.78, 5) is -0.373. The van der Waals surface area contributed by atoms with E-state index in [9.17, 15) is 13.7 Å². The van der Waals surface area contributed by atoms with Gasteiger partial charge in [-0.1, -0.05) is 57.9 Å². The number of hydrogen-bond acceptors (Lipinski definition) is 4. The van der Waals surface area contributed by atoms with Crippen LogP contribution < -0.4 is 4.74 Å². The summed E-state index contributed by atoms with van der Waals surface area (Å²) in [5, 5.41) is 9.91. The van der Waals surface area contributed by atoms with E-state index in [1.54, 1.807) is 30.3 Å². The molecule has 0 aromatic heterocycles. The highest BCUT2D eigenvalue weighted by molar-refractivity contribution is 9.10. The number of benzene rings is 3. The molecule has 0 unspecified atom stereocenters. The van der Waals surface area contributed by atoms with Crippen molar-refractivity contribution in [1.82, 2.24) is 0 Å². The number of allylic oxidation sites excluding steroid dienone is 1. The highest BCUT2D eigenvalue weighted by Gasteiger charge is 2.21. The predicted molar refractivity (Wildman–Crippen MR) is 117 cm³/mol. The minimum absolute atomic E-state index is 0.00274. The second kappa shape index (κ2) is 9.27. The second-order valence-corrected chi connectivity index (χ2v) is 9.30. The Labute approximate surface area is 183 Å². The van der Waals surface area contributed by atoms with Gasteiger partial charge in [0.1, 0.15) is 23.3 Å². The van der Waals surface area contributed by atoms with Crippen LogP contribution >= 0.6 is 27.5 Å². The number of hydrogen-bond donors (Lipinski definition) is 0. The molecule has 29 heavy (non-hydrogen) atoms. The van der Waals surface area contributed by atoms with Crippen LogP contribution in [0.4, 0.5) is 0 Å². The van der Waals surface area contributed by atoms with E-state index in [1.807, 2.05) is 24.3 Å². The van der Waals surface area contributed by atoms with Gasteiger partial charge in [0, 0.05) is 15.1 Å². The van der Waals surface area contributed by atoms with E-state index >= 15 is 0 Å². The lowest BCUT2D eigenvalue weighted by Gasteiger charge is -2.10. The van der Waals surface area contributed by atoms with Crippen molar-refractivity contribution in [3.05, 3.63) is 98.3 Å². The van der Waals surface area contributed by atoms with Crippen LogP contribution in [0.3, 0.4) is 0 Å². The van der Waals surface area contributed by atoms with Crippen LogP contribution in [0.2, 0.25) is 5.02 Å². The molecule has 0 amide bonds. The standard InChI is InChI=1S/C22H15BrClNO3S/c23-18-7-5-16(6-8-18)15-28-22-4-2-1-3-17(22)13-21(14-25)29(26,27)20-11-9-19(24)10-12-20/h1-13H,15H2/b21-13+. The Kier molecular flexibility index (Phi) is 6.75. The summed E-state index contributed by atoms with van der Waals surface area (Å²) in [7, 11) is -3.97. The zero-order chi connectivity index (χ0) is 20.9. The second-order valence-electron chi connectivity index (χ2n) is 6.03. The van der Waals surface area contributed by atoms with Gasteiger partial charge in [-0.15, -0.1) is 0 Å². The first-order valence-electron chi connectivity index (χ1n) is 8.49. The summed E-state index contributed by atoms with van der Waals surface area (Å²) in [6.45, 7) is 0.309. The van der Waals surface area contributed by atoms with E-state index in [0.717, 1.165) is 10.0 Å². The lowest BCUT2D eigenvalue weighted by atomic mass is 10.2. The van der Waals surface area contributed by atoms with Gasteiger partial charge < -0.3 is 4.74 Å². The number of nitrogens with zero attached hydrogens (tertiary/aromatic N) is 1. The highest BCUT2D eigenvalue weighted by atomic mass is 79.9. The Hall–Kier alpha value is -2.59. The predicted octanol–water partition coefficient (Wildman–Crippen LogP) is 6.02. The van der Waals surface area contributed by atoms with Crippen molar-refractivity contribution in [3.8, 4) is 11.8 Å². The Bertz CT molecular complexity index is 1180. The van der Waals surface area contributed by atoms with Crippen molar-refractivity contribution in [2.45, 2.75) is 11.5 Å². The number of para-hydroxylation sites is 1. The topological polar surface area (TPSA) is 67.2 Å². The van der Waals surface area contributed by atoms with Crippen LogP contribution in [-0.4, -0.2) is 8.42 Å². The molecule has 0 fully saturated rings. The van der Waals surface area contributed by atoms with Gasteiger partial charge >= 0.3 is 0 Å². The molecule has 0 saturated carbocycles. The molecule has 0 saturated heterocycles. The van der Waals surface area contributed by atoms with Crippen molar-refractivity contribution in [3.63, 3.8) is 0 Å². The monoisotopic (exact) mass is 487 g/mol. The Morgan fingerprint density at radius 2 is 1.69 bits per heavy atom.